The Hall–Kier alpha value is -1.19. The summed E-state index contributed by atoms with van der Waals surface area (Å²) in [4.78, 5) is 7.31. The molecule has 0 N–H and O–H groups in total. The van der Waals surface area contributed by atoms with E-state index < -0.39 is 10.0 Å². The normalized spacial score (nSPS) is 22.8. The summed E-state index contributed by atoms with van der Waals surface area (Å²) < 4.78 is 25.3. The second-order valence-corrected chi connectivity index (χ2v) is 12.7. The zero-order chi connectivity index (χ0) is 25.2. The fraction of sp³-hybridized carbons (Fsp3) is 0.538. The molecule has 35 heavy (non-hydrogen) atoms. The van der Waals surface area contributed by atoms with Crippen LogP contribution < -0.4 is 0 Å². The topological polar surface area (TPSA) is 47.1 Å². The van der Waals surface area contributed by atoms with Gasteiger partial charge in [0.25, 0.3) is 0 Å². The summed E-state index contributed by atoms with van der Waals surface area (Å²) in [6, 6.07) is 15.2. The van der Waals surface area contributed by atoms with Crippen molar-refractivity contribution in [1.82, 2.24) is 19.0 Å². The van der Waals surface area contributed by atoms with Crippen LogP contribution in [0.5, 0.6) is 0 Å². The SMILES string of the molecule is CCc1ccc(CN(C)C2CN(CN3CCN(S(C)(=O)=O)CC3)CC2c2ccc(Cl)c(Cl)c2)cc1. The number of piperazine rings is 1. The summed E-state index contributed by atoms with van der Waals surface area (Å²) in [5, 5.41) is 1.17. The van der Waals surface area contributed by atoms with Gasteiger partial charge >= 0.3 is 0 Å². The average molecular weight is 540 g/mol. The van der Waals surface area contributed by atoms with Crippen LogP contribution in [-0.4, -0.2) is 92.7 Å². The number of hydrogen-bond donors (Lipinski definition) is 0. The van der Waals surface area contributed by atoms with Gasteiger partial charge < -0.3 is 0 Å². The second-order valence-electron chi connectivity index (χ2n) is 9.89. The molecule has 2 saturated heterocycles. The molecule has 2 aliphatic heterocycles. The Morgan fingerprint density at radius 2 is 1.57 bits per heavy atom. The molecule has 2 atom stereocenters. The van der Waals surface area contributed by atoms with E-state index in [1.807, 2.05) is 12.1 Å². The van der Waals surface area contributed by atoms with Crippen LogP contribution in [0.2, 0.25) is 10.0 Å². The predicted molar refractivity (Wildman–Crippen MR) is 145 cm³/mol. The third-order valence-corrected chi connectivity index (χ3v) is 9.41. The summed E-state index contributed by atoms with van der Waals surface area (Å²) >= 11 is 12.6. The van der Waals surface area contributed by atoms with Crippen LogP contribution in [0, 0.1) is 0 Å². The van der Waals surface area contributed by atoms with Gasteiger partial charge in [-0.05, 0) is 42.3 Å². The highest BCUT2D eigenvalue weighted by molar-refractivity contribution is 7.88. The minimum absolute atomic E-state index is 0.307. The molecule has 192 valence electrons. The molecule has 2 aromatic carbocycles. The summed E-state index contributed by atoms with van der Waals surface area (Å²) in [6.07, 6.45) is 2.34. The van der Waals surface area contributed by atoms with Gasteiger partial charge in [-0.1, -0.05) is 60.5 Å². The number of nitrogens with zero attached hydrogens (tertiary/aromatic N) is 4. The Kier molecular flexibility index (Phi) is 8.80. The number of halogens is 2. The van der Waals surface area contributed by atoms with E-state index in [0.717, 1.165) is 45.8 Å². The van der Waals surface area contributed by atoms with Crippen molar-refractivity contribution in [3.05, 3.63) is 69.2 Å². The molecular weight excluding hydrogens is 503 g/mol. The number of benzene rings is 2. The van der Waals surface area contributed by atoms with Gasteiger partial charge in [0.05, 0.1) is 23.0 Å². The van der Waals surface area contributed by atoms with Crippen LogP contribution in [0.15, 0.2) is 42.5 Å². The van der Waals surface area contributed by atoms with E-state index >= 15 is 0 Å². The van der Waals surface area contributed by atoms with Crippen LogP contribution in [-0.2, 0) is 23.0 Å². The first kappa shape index (κ1) is 26.9. The van der Waals surface area contributed by atoms with E-state index in [-0.39, 0.29) is 0 Å². The number of sulfonamides is 1. The molecule has 0 aromatic heterocycles. The van der Waals surface area contributed by atoms with Gasteiger partial charge in [-0.25, -0.2) is 8.42 Å². The maximum absolute atomic E-state index is 11.9. The van der Waals surface area contributed by atoms with Gasteiger partial charge in [-0.2, -0.15) is 4.31 Å². The van der Waals surface area contributed by atoms with Gasteiger partial charge in [-0.15, -0.1) is 0 Å². The molecule has 4 rings (SSSR count). The lowest BCUT2D eigenvalue weighted by Crippen LogP contribution is -2.51. The molecule has 2 aromatic rings. The highest BCUT2D eigenvalue weighted by Crippen LogP contribution is 2.34. The maximum Gasteiger partial charge on any atom is 0.211 e. The summed E-state index contributed by atoms with van der Waals surface area (Å²) in [5.41, 5.74) is 3.88. The van der Waals surface area contributed by atoms with E-state index in [1.165, 1.54) is 22.9 Å². The number of likely N-dealkylation sites (N-methyl/N-ethyl adjacent to an activating group) is 1. The van der Waals surface area contributed by atoms with Crippen molar-refractivity contribution in [2.75, 3.05) is 59.2 Å². The van der Waals surface area contributed by atoms with Crippen molar-refractivity contribution in [3.63, 3.8) is 0 Å². The van der Waals surface area contributed by atoms with Crippen molar-refractivity contribution in [3.8, 4) is 0 Å². The molecule has 0 amide bonds. The van der Waals surface area contributed by atoms with Crippen molar-refractivity contribution in [2.24, 2.45) is 0 Å². The Balaban J connectivity index is 1.47. The molecule has 0 saturated carbocycles. The predicted octanol–water partition coefficient (Wildman–Crippen LogP) is 3.99. The smallest absolute Gasteiger partial charge is 0.211 e. The number of rotatable bonds is 8. The summed E-state index contributed by atoms with van der Waals surface area (Å²) in [5.74, 6) is 0.307. The molecule has 0 spiro atoms. The van der Waals surface area contributed by atoms with Crippen LogP contribution in [0.25, 0.3) is 0 Å². The molecular formula is C26H36Cl2N4O2S. The molecule has 9 heteroatoms. The zero-order valence-electron chi connectivity index (χ0n) is 20.8. The molecule has 0 radical (unpaired) electrons. The first-order chi connectivity index (χ1) is 16.6. The molecule has 2 unspecified atom stereocenters. The highest BCUT2D eigenvalue weighted by atomic mass is 35.5. The van der Waals surface area contributed by atoms with Crippen molar-refractivity contribution >= 4 is 33.2 Å². The fourth-order valence-corrected chi connectivity index (χ4v) is 6.40. The van der Waals surface area contributed by atoms with Gasteiger partial charge in [0, 0.05) is 57.8 Å². The fourth-order valence-electron chi connectivity index (χ4n) is 5.27. The van der Waals surface area contributed by atoms with Crippen molar-refractivity contribution in [2.45, 2.75) is 31.8 Å². The number of hydrogen-bond acceptors (Lipinski definition) is 5. The maximum atomic E-state index is 11.9. The minimum Gasteiger partial charge on any atom is -0.297 e. The first-order valence-electron chi connectivity index (χ1n) is 12.3. The lowest BCUT2D eigenvalue weighted by molar-refractivity contribution is 0.108. The Morgan fingerprint density at radius 3 is 2.17 bits per heavy atom. The Bertz CT molecular complexity index is 1100. The lowest BCUT2D eigenvalue weighted by atomic mass is 9.93. The van der Waals surface area contributed by atoms with E-state index in [9.17, 15) is 8.42 Å². The van der Waals surface area contributed by atoms with Gasteiger partial charge in [0.1, 0.15) is 0 Å². The Labute approximate surface area is 220 Å². The van der Waals surface area contributed by atoms with Crippen LogP contribution in [0.1, 0.15) is 29.5 Å². The zero-order valence-corrected chi connectivity index (χ0v) is 23.2. The van der Waals surface area contributed by atoms with Crippen LogP contribution in [0.3, 0.4) is 0 Å². The number of likely N-dealkylation sites (tertiary alicyclic amines) is 1. The third-order valence-electron chi connectivity index (χ3n) is 7.37. The van der Waals surface area contributed by atoms with Gasteiger partial charge in [-0.3, -0.25) is 14.7 Å². The number of aryl methyl sites for hydroxylation is 1. The Morgan fingerprint density at radius 1 is 0.914 bits per heavy atom. The largest absolute Gasteiger partial charge is 0.297 e. The quantitative estimate of drug-likeness (QED) is 0.508. The third kappa shape index (κ3) is 6.77. The van der Waals surface area contributed by atoms with Gasteiger partial charge in [0.2, 0.25) is 10.0 Å². The van der Waals surface area contributed by atoms with E-state index in [4.69, 9.17) is 23.2 Å². The van der Waals surface area contributed by atoms with Crippen LogP contribution in [0.4, 0.5) is 0 Å². The average Bonchev–Trinajstić information content (AvgIpc) is 3.25. The molecule has 2 fully saturated rings. The van der Waals surface area contributed by atoms with E-state index in [1.54, 1.807) is 4.31 Å². The standard InChI is InChI=1S/C26H36Cl2N4O2S/c1-4-20-5-7-21(8-6-20)16-29(2)26-18-31(17-23(26)22-9-10-24(27)25(28)15-22)19-30-11-13-32(14-12-30)35(3,33)34/h5-10,15,23,26H,4,11-14,16-19H2,1-3H3. The van der Waals surface area contributed by atoms with Crippen LogP contribution >= 0.6 is 23.2 Å². The van der Waals surface area contributed by atoms with E-state index in [2.05, 4.69) is 59.0 Å². The lowest BCUT2D eigenvalue weighted by Gasteiger charge is -2.35. The monoisotopic (exact) mass is 538 g/mol. The second kappa shape index (κ2) is 11.5. The molecule has 2 heterocycles. The van der Waals surface area contributed by atoms with Crippen molar-refractivity contribution in [1.29, 1.82) is 0 Å². The molecule has 0 aliphatic carbocycles. The highest BCUT2D eigenvalue weighted by Gasteiger charge is 2.37. The summed E-state index contributed by atoms with van der Waals surface area (Å²) in [6.45, 7) is 8.39. The van der Waals surface area contributed by atoms with E-state index in [0.29, 0.717) is 35.1 Å². The summed E-state index contributed by atoms with van der Waals surface area (Å²) in [7, 11) is -0.915. The molecule has 2 aliphatic rings. The molecule has 0 bridgehead atoms. The van der Waals surface area contributed by atoms with Gasteiger partial charge in [0.15, 0.2) is 0 Å². The van der Waals surface area contributed by atoms with Crippen molar-refractivity contribution < 1.29 is 8.42 Å². The molecule has 6 nitrogen and oxygen atoms in total. The minimum atomic E-state index is -3.12. The first-order valence-corrected chi connectivity index (χ1v) is 14.9.